The van der Waals surface area contributed by atoms with Crippen molar-refractivity contribution in [2.75, 3.05) is 74.6 Å². The van der Waals surface area contributed by atoms with Crippen LogP contribution in [0.2, 0.25) is 0 Å². The average molecular weight is 894 g/mol. The van der Waals surface area contributed by atoms with Gasteiger partial charge in [-0.15, -0.1) is 0 Å². The molecule has 19 nitrogen and oxygen atoms in total. The maximum atomic E-state index is 12.1. The van der Waals surface area contributed by atoms with E-state index in [9.17, 15) is 39.9 Å². The third kappa shape index (κ3) is 19.1. The summed E-state index contributed by atoms with van der Waals surface area (Å²) < 4.78 is 28.5. The van der Waals surface area contributed by atoms with Crippen LogP contribution in [0.1, 0.15) is 41.5 Å². The predicted octanol–water partition coefficient (Wildman–Crippen LogP) is 2.82. The molecule has 3 aromatic rings. The van der Waals surface area contributed by atoms with Gasteiger partial charge in [0.2, 0.25) is 0 Å². The van der Waals surface area contributed by atoms with Crippen molar-refractivity contribution in [3.8, 4) is 0 Å². The van der Waals surface area contributed by atoms with Crippen LogP contribution in [0.5, 0.6) is 0 Å². The minimum absolute atomic E-state index is 0. The fourth-order valence-electron chi connectivity index (χ4n) is 5.38. The number of hydrogen-bond acceptors (Lipinski definition) is 17. The molecule has 0 amide bonds. The number of pyridine rings is 3. The first-order chi connectivity index (χ1) is 26.1. The van der Waals surface area contributed by atoms with Crippen LogP contribution in [0.4, 0.5) is 33.2 Å². The molecule has 0 aromatic carbocycles. The number of halogens is 1. The van der Waals surface area contributed by atoms with E-state index in [-0.39, 0.29) is 70.4 Å². The first kappa shape index (κ1) is 55.4. The quantitative estimate of drug-likeness (QED) is 0.169. The van der Waals surface area contributed by atoms with Crippen molar-refractivity contribution in [2.24, 2.45) is 0 Å². The standard InChI is InChI=1S/C12H17N3O4.C12H19N3O2.C7H15NO2.C5H3FN2O2.3H2S/c1-12(2,16)10-8-14(5-6-19-10)9-3-4-11(13-7-9)15(17)18;1-12(2,16)10-8-15(5-6-17-10)9-3-4-11(13)14-7-9;1-7(2,9)6-5-8-3-4-10-6;6-4-1-2-5(7-3-4)8(9)10;;;/h3-4,7,10,16H,5-6,8H2,1-2H3;3-4,7,10,16H,5-6,8H2,1-2H3,(H2,13,14);6,8-9H,3-5H2,1-2H3;1-3H;3*1H2/t2*10-;6-;;;;/m000..../s1. The number of aliphatic hydroxyl groups is 3. The van der Waals surface area contributed by atoms with Crippen molar-refractivity contribution in [2.45, 2.75) is 76.7 Å². The number of nitro groups is 2. The maximum Gasteiger partial charge on any atom is 0.363 e. The Kier molecular flexibility index (Phi) is 23.6. The van der Waals surface area contributed by atoms with Gasteiger partial charge in [-0.25, -0.2) is 9.37 Å². The van der Waals surface area contributed by atoms with Crippen LogP contribution >= 0.6 is 40.5 Å². The van der Waals surface area contributed by atoms with Crippen LogP contribution in [-0.2, 0) is 14.2 Å². The largest absolute Gasteiger partial charge is 0.388 e. The van der Waals surface area contributed by atoms with Gasteiger partial charge in [0.05, 0.1) is 60.3 Å². The average Bonchev–Trinajstić information content (AvgIpc) is 3.16. The molecule has 3 aromatic heterocycles. The van der Waals surface area contributed by atoms with E-state index in [1.165, 1.54) is 12.3 Å². The first-order valence-electron chi connectivity index (χ1n) is 18.0. The summed E-state index contributed by atoms with van der Waals surface area (Å²) in [5.41, 5.74) is 4.89. The molecule has 6 rings (SSSR count). The van der Waals surface area contributed by atoms with Gasteiger partial charge >= 0.3 is 11.6 Å². The minimum Gasteiger partial charge on any atom is -0.388 e. The second kappa shape index (κ2) is 25.2. The molecule has 6 N–H and O–H groups in total. The van der Waals surface area contributed by atoms with Crippen molar-refractivity contribution in [1.82, 2.24) is 20.3 Å². The van der Waals surface area contributed by atoms with E-state index in [2.05, 4.69) is 25.2 Å². The smallest absolute Gasteiger partial charge is 0.363 e. The van der Waals surface area contributed by atoms with E-state index >= 15 is 0 Å². The molecule has 3 aliphatic rings. The van der Waals surface area contributed by atoms with Crippen molar-refractivity contribution in [3.05, 3.63) is 81.0 Å². The highest BCUT2D eigenvalue weighted by atomic mass is 32.1. The molecule has 0 radical (unpaired) electrons. The molecule has 59 heavy (non-hydrogen) atoms. The van der Waals surface area contributed by atoms with E-state index in [4.69, 9.17) is 19.9 Å². The Morgan fingerprint density at radius 2 is 1.12 bits per heavy atom. The third-order valence-corrected chi connectivity index (χ3v) is 8.74. The number of ether oxygens (including phenoxy) is 3. The van der Waals surface area contributed by atoms with Gasteiger partial charge in [0.15, 0.2) is 18.2 Å². The van der Waals surface area contributed by atoms with Crippen LogP contribution in [0.15, 0.2) is 55.0 Å². The summed E-state index contributed by atoms with van der Waals surface area (Å²) in [6.45, 7) is 16.6. The van der Waals surface area contributed by atoms with Gasteiger partial charge in [-0.05, 0) is 85.6 Å². The summed E-state index contributed by atoms with van der Waals surface area (Å²) in [4.78, 5) is 34.5. The van der Waals surface area contributed by atoms with E-state index in [0.29, 0.717) is 45.3 Å². The van der Waals surface area contributed by atoms with Gasteiger partial charge in [0.25, 0.3) is 0 Å². The second-order valence-corrected chi connectivity index (χ2v) is 14.8. The highest BCUT2D eigenvalue weighted by Crippen LogP contribution is 2.24. The van der Waals surface area contributed by atoms with Crippen molar-refractivity contribution < 1.29 is 43.8 Å². The summed E-state index contributed by atoms with van der Waals surface area (Å²) in [5, 5.41) is 53.0. The summed E-state index contributed by atoms with van der Waals surface area (Å²) in [6.07, 6.45) is 3.50. The molecule has 0 aliphatic carbocycles. The van der Waals surface area contributed by atoms with Crippen LogP contribution in [-0.4, -0.2) is 134 Å². The molecule has 3 aliphatic heterocycles. The van der Waals surface area contributed by atoms with Crippen LogP contribution in [0.25, 0.3) is 0 Å². The summed E-state index contributed by atoms with van der Waals surface area (Å²) in [6, 6.07) is 8.77. The zero-order valence-corrected chi connectivity index (χ0v) is 37.1. The number of nitrogens with one attached hydrogen (secondary N) is 1. The van der Waals surface area contributed by atoms with Gasteiger partial charge < -0.3 is 70.6 Å². The zero-order valence-electron chi connectivity index (χ0n) is 34.1. The highest BCUT2D eigenvalue weighted by Gasteiger charge is 2.34. The van der Waals surface area contributed by atoms with E-state index in [1.54, 1.807) is 59.9 Å². The molecule has 23 heteroatoms. The SMILES string of the molecule is CC(C)(O)[C@@H]1CN(c2ccc(N)nc2)CCO1.CC(C)(O)[C@@H]1CN(c2ccc([N+](=O)[O-])nc2)CCO1.CC(C)(O)[C@@H]1CNCCO1.O=[N+]([O-])c1ccc(F)cn1.S.S.S. The third-order valence-electron chi connectivity index (χ3n) is 8.74. The molecule has 3 fully saturated rings. The van der Waals surface area contributed by atoms with Crippen LogP contribution in [0, 0.1) is 26.0 Å². The number of hydrogen-bond donors (Lipinski definition) is 5. The lowest BCUT2D eigenvalue weighted by Gasteiger charge is -2.39. The van der Waals surface area contributed by atoms with Crippen molar-refractivity contribution in [1.29, 1.82) is 0 Å². The summed E-state index contributed by atoms with van der Waals surface area (Å²) in [7, 11) is 0. The van der Waals surface area contributed by atoms with Crippen molar-refractivity contribution in [3.63, 3.8) is 0 Å². The van der Waals surface area contributed by atoms with E-state index in [1.807, 2.05) is 11.0 Å². The number of nitrogens with two attached hydrogens (primary N) is 1. The van der Waals surface area contributed by atoms with Crippen LogP contribution in [0.3, 0.4) is 0 Å². The highest BCUT2D eigenvalue weighted by molar-refractivity contribution is 7.59. The lowest BCUT2D eigenvalue weighted by Crippen LogP contribution is -2.52. The monoisotopic (exact) mass is 893 g/mol. The maximum absolute atomic E-state index is 12.1. The van der Waals surface area contributed by atoms with Gasteiger partial charge in [-0.1, -0.05) is 0 Å². The minimum atomic E-state index is -0.924. The Hall–Kier alpha value is -3.65. The van der Waals surface area contributed by atoms with Crippen LogP contribution < -0.4 is 20.9 Å². The molecular weight excluding hydrogens is 834 g/mol. The number of rotatable bonds is 7. The lowest BCUT2D eigenvalue weighted by atomic mass is 10.00. The Balaban J connectivity index is 0.000000775. The molecule has 3 atom stereocenters. The van der Waals surface area contributed by atoms with E-state index < -0.39 is 32.5 Å². The Bertz CT molecular complexity index is 1660. The second-order valence-electron chi connectivity index (χ2n) is 14.8. The first-order valence-corrected chi connectivity index (χ1v) is 18.0. The molecule has 6 heterocycles. The Labute approximate surface area is 364 Å². The fourth-order valence-corrected chi connectivity index (χ4v) is 5.38. The molecular formula is C36H60FN9O10S3. The zero-order chi connectivity index (χ0) is 41.7. The molecule has 3 saturated heterocycles. The summed E-state index contributed by atoms with van der Waals surface area (Å²) in [5.74, 6) is -0.580. The van der Waals surface area contributed by atoms with Crippen molar-refractivity contribution >= 4 is 69.3 Å². The van der Waals surface area contributed by atoms with Gasteiger partial charge in [-0.2, -0.15) is 40.5 Å². The Morgan fingerprint density at radius 1 is 0.695 bits per heavy atom. The molecule has 334 valence electrons. The van der Waals surface area contributed by atoms with Gasteiger partial charge in [-0.3, -0.25) is 0 Å². The topological polar surface area (TPSA) is 258 Å². The predicted molar refractivity (Wildman–Crippen MR) is 237 cm³/mol. The molecule has 0 spiro atoms. The number of nitrogen functional groups attached to an aromatic ring is 1. The molecule has 0 unspecified atom stereocenters. The van der Waals surface area contributed by atoms with Gasteiger partial charge in [0, 0.05) is 51.4 Å². The number of aromatic nitrogens is 3. The molecule has 0 saturated carbocycles. The summed E-state index contributed by atoms with van der Waals surface area (Å²) >= 11 is 0. The number of anilines is 3. The fraction of sp³-hybridized carbons (Fsp3) is 0.583. The lowest BCUT2D eigenvalue weighted by molar-refractivity contribution is -0.389. The Morgan fingerprint density at radius 3 is 1.44 bits per heavy atom. The molecule has 0 bridgehead atoms. The number of nitrogens with zero attached hydrogens (tertiary/aromatic N) is 7. The van der Waals surface area contributed by atoms with Gasteiger partial charge in [0.1, 0.15) is 18.0 Å². The number of morpholine rings is 3. The van der Waals surface area contributed by atoms with E-state index in [0.717, 1.165) is 49.3 Å². The normalized spacial score (nSPS) is 19.2.